The predicted molar refractivity (Wildman–Crippen MR) is 98.2 cm³/mol. The lowest BCUT2D eigenvalue weighted by Crippen LogP contribution is -2.41. The molecule has 2 amide bonds. The smallest absolute Gasteiger partial charge is 0.274 e. The Morgan fingerprint density at radius 3 is 2.48 bits per heavy atom. The molecule has 7 nitrogen and oxygen atoms in total. The number of nitrogens with zero attached hydrogens (tertiary/aromatic N) is 2. The van der Waals surface area contributed by atoms with Gasteiger partial charge in [0.25, 0.3) is 11.8 Å². The quantitative estimate of drug-likeness (QED) is 0.804. The van der Waals surface area contributed by atoms with Gasteiger partial charge < -0.3 is 15.4 Å². The first kappa shape index (κ1) is 18.9. The maximum atomic E-state index is 13.7. The fourth-order valence-electron chi connectivity index (χ4n) is 2.68. The molecule has 2 N–H and O–H groups in total. The minimum atomic E-state index is -0.580. The van der Waals surface area contributed by atoms with Crippen molar-refractivity contribution in [1.29, 1.82) is 0 Å². The molecule has 0 saturated carbocycles. The third-order valence-electron chi connectivity index (χ3n) is 4.15. The summed E-state index contributed by atoms with van der Waals surface area (Å²) in [4.78, 5) is 30.8. The summed E-state index contributed by atoms with van der Waals surface area (Å²) in [7, 11) is 0. The Morgan fingerprint density at radius 1 is 1.04 bits per heavy atom. The standard InChI is InChI=1S/C19H21FN4O3/c20-14-4-1-2-5-15(14)23-19(26)17-7-3-6-16(22-17)18(25)21-8-9-24-10-12-27-13-11-24/h1-7H,8-13H2,(H,21,25)(H,23,26). The van der Waals surface area contributed by atoms with Crippen molar-refractivity contribution in [3.05, 3.63) is 59.7 Å². The van der Waals surface area contributed by atoms with Gasteiger partial charge in [0, 0.05) is 26.2 Å². The Bertz CT molecular complexity index is 809. The van der Waals surface area contributed by atoms with Crippen LogP contribution in [0, 0.1) is 5.82 Å². The van der Waals surface area contributed by atoms with Crippen LogP contribution in [0.15, 0.2) is 42.5 Å². The zero-order valence-corrected chi connectivity index (χ0v) is 14.8. The summed E-state index contributed by atoms with van der Waals surface area (Å²) in [6.07, 6.45) is 0. The number of anilines is 1. The van der Waals surface area contributed by atoms with E-state index in [-0.39, 0.29) is 23.0 Å². The largest absolute Gasteiger partial charge is 0.379 e. The number of nitrogens with one attached hydrogen (secondary N) is 2. The number of carbonyl (C=O) groups excluding carboxylic acids is 2. The Hall–Kier alpha value is -2.84. The molecule has 1 aromatic heterocycles. The Labute approximate surface area is 156 Å². The summed E-state index contributed by atoms with van der Waals surface area (Å²) in [5, 5.41) is 5.25. The molecule has 142 valence electrons. The van der Waals surface area contributed by atoms with Gasteiger partial charge in [0.1, 0.15) is 17.2 Å². The van der Waals surface area contributed by atoms with Crippen molar-refractivity contribution in [3.63, 3.8) is 0 Å². The lowest BCUT2D eigenvalue weighted by molar-refractivity contribution is 0.0383. The number of amides is 2. The van der Waals surface area contributed by atoms with E-state index in [9.17, 15) is 14.0 Å². The fourth-order valence-corrected chi connectivity index (χ4v) is 2.68. The lowest BCUT2D eigenvalue weighted by atomic mass is 10.2. The minimum Gasteiger partial charge on any atom is -0.379 e. The van der Waals surface area contributed by atoms with E-state index >= 15 is 0 Å². The Balaban J connectivity index is 1.56. The number of carbonyl (C=O) groups is 2. The zero-order valence-electron chi connectivity index (χ0n) is 14.8. The van der Waals surface area contributed by atoms with E-state index < -0.39 is 11.7 Å². The Morgan fingerprint density at radius 2 is 1.74 bits per heavy atom. The first-order valence-corrected chi connectivity index (χ1v) is 8.75. The Kier molecular flexibility index (Phi) is 6.45. The molecule has 0 atom stereocenters. The maximum absolute atomic E-state index is 13.7. The van der Waals surface area contributed by atoms with E-state index in [0.717, 1.165) is 19.6 Å². The molecule has 0 spiro atoms. The summed E-state index contributed by atoms with van der Waals surface area (Å²) >= 11 is 0. The summed E-state index contributed by atoms with van der Waals surface area (Å²) in [6.45, 7) is 4.30. The summed E-state index contributed by atoms with van der Waals surface area (Å²) in [5.41, 5.74) is 0.238. The number of rotatable bonds is 6. The summed E-state index contributed by atoms with van der Waals surface area (Å²) in [5.74, 6) is -1.48. The van der Waals surface area contributed by atoms with Crippen LogP contribution >= 0.6 is 0 Å². The first-order valence-electron chi connectivity index (χ1n) is 8.75. The van der Waals surface area contributed by atoms with Gasteiger partial charge in [-0.05, 0) is 24.3 Å². The summed E-state index contributed by atoms with van der Waals surface area (Å²) < 4.78 is 18.9. The van der Waals surface area contributed by atoms with Gasteiger partial charge in [0.05, 0.1) is 18.9 Å². The van der Waals surface area contributed by atoms with Crippen LogP contribution in [-0.4, -0.2) is 61.1 Å². The highest BCUT2D eigenvalue weighted by Crippen LogP contribution is 2.13. The van der Waals surface area contributed by atoms with Gasteiger partial charge in [0.2, 0.25) is 0 Å². The number of ether oxygens (including phenoxy) is 1. The molecular formula is C19H21FN4O3. The van der Waals surface area contributed by atoms with Crippen molar-refractivity contribution in [2.45, 2.75) is 0 Å². The first-order chi connectivity index (χ1) is 13.1. The van der Waals surface area contributed by atoms with Crippen molar-refractivity contribution in [1.82, 2.24) is 15.2 Å². The van der Waals surface area contributed by atoms with Gasteiger partial charge in [-0.25, -0.2) is 9.37 Å². The molecule has 1 aliphatic heterocycles. The van der Waals surface area contributed by atoms with Crippen LogP contribution in [0.5, 0.6) is 0 Å². The van der Waals surface area contributed by atoms with Crippen molar-refractivity contribution in [2.24, 2.45) is 0 Å². The molecule has 3 rings (SSSR count). The highest BCUT2D eigenvalue weighted by molar-refractivity contribution is 6.03. The lowest BCUT2D eigenvalue weighted by Gasteiger charge is -2.26. The molecule has 0 aliphatic carbocycles. The summed E-state index contributed by atoms with van der Waals surface area (Å²) in [6, 6.07) is 10.4. The van der Waals surface area contributed by atoms with Crippen molar-refractivity contribution >= 4 is 17.5 Å². The number of pyridine rings is 1. The molecule has 2 aromatic rings. The number of para-hydroxylation sites is 1. The van der Waals surface area contributed by atoms with Crippen molar-refractivity contribution in [3.8, 4) is 0 Å². The third-order valence-corrected chi connectivity index (χ3v) is 4.15. The molecule has 1 saturated heterocycles. The van der Waals surface area contributed by atoms with Crippen molar-refractivity contribution < 1.29 is 18.7 Å². The van der Waals surface area contributed by atoms with Crippen LogP contribution in [0.4, 0.5) is 10.1 Å². The van der Waals surface area contributed by atoms with Gasteiger partial charge >= 0.3 is 0 Å². The number of morpholine rings is 1. The van der Waals surface area contributed by atoms with Gasteiger partial charge in [-0.3, -0.25) is 14.5 Å². The van der Waals surface area contributed by atoms with E-state index in [1.54, 1.807) is 12.1 Å². The molecule has 0 bridgehead atoms. The van der Waals surface area contributed by atoms with Crippen LogP contribution in [0.3, 0.4) is 0 Å². The third kappa shape index (κ3) is 5.32. The molecule has 0 radical (unpaired) electrons. The van der Waals surface area contributed by atoms with Crippen LogP contribution in [-0.2, 0) is 4.74 Å². The molecule has 1 aromatic carbocycles. The topological polar surface area (TPSA) is 83.6 Å². The number of hydrogen-bond acceptors (Lipinski definition) is 5. The van der Waals surface area contributed by atoms with Crippen molar-refractivity contribution in [2.75, 3.05) is 44.7 Å². The van der Waals surface area contributed by atoms with Gasteiger partial charge in [-0.15, -0.1) is 0 Å². The van der Waals surface area contributed by atoms with Crippen LogP contribution < -0.4 is 10.6 Å². The number of aromatic nitrogens is 1. The predicted octanol–water partition coefficient (Wildman–Crippen LogP) is 1.54. The van der Waals surface area contributed by atoms with E-state index in [1.807, 2.05) is 0 Å². The van der Waals surface area contributed by atoms with Gasteiger partial charge in [-0.1, -0.05) is 18.2 Å². The van der Waals surface area contributed by atoms with E-state index in [0.29, 0.717) is 19.8 Å². The van der Waals surface area contributed by atoms with Crippen LogP contribution in [0.2, 0.25) is 0 Å². The maximum Gasteiger partial charge on any atom is 0.274 e. The molecule has 1 fully saturated rings. The SMILES string of the molecule is O=C(NCCN1CCOCC1)c1cccc(C(=O)Nc2ccccc2F)n1. The molecule has 2 heterocycles. The average Bonchev–Trinajstić information content (AvgIpc) is 2.70. The normalized spacial score (nSPS) is 14.6. The van der Waals surface area contributed by atoms with Crippen LogP contribution in [0.25, 0.3) is 0 Å². The van der Waals surface area contributed by atoms with E-state index in [2.05, 4.69) is 20.5 Å². The highest BCUT2D eigenvalue weighted by Gasteiger charge is 2.15. The molecular weight excluding hydrogens is 351 g/mol. The second-order valence-corrected chi connectivity index (χ2v) is 6.05. The van der Waals surface area contributed by atoms with E-state index in [1.165, 1.54) is 30.3 Å². The fraction of sp³-hybridized carbons (Fsp3) is 0.316. The highest BCUT2D eigenvalue weighted by atomic mass is 19.1. The van der Waals surface area contributed by atoms with Gasteiger partial charge in [0.15, 0.2) is 0 Å². The number of benzene rings is 1. The van der Waals surface area contributed by atoms with Gasteiger partial charge in [-0.2, -0.15) is 0 Å². The average molecular weight is 372 g/mol. The molecule has 0 unspecified atom stereocenters. The second kappa shape index (κ2) is 9.20. The van der Waals surface area contributed by atoms with Crippen LogP contribution in [0.1, 0.15) is 21.0 Å². The number of halogens is 1. The van der Waals surface area contributed by atoms with E-state index in [4.69, 9.17) is 4.74 Å². The molecule has 8 heteroatoms. The minimum absolute atomic E-state index is 0.0408. The zero-order chi connectivity index (χ0) is 19.1. The monoisotopic (exact) mass is 372 g/mol. The molecule has 1 aliphatic rings. The molecule has 27 heavy (non-hydrogen) atoms. The second-order valence-electron chi connectivity index (χ2n) is 6.05. The number of hydrogen-bond donors (Lipinski definition) is 2.